The van der Waals surface area contributed by atoms with E-state index in [1.807, 2.05) is 6.92 Å². The van der Waals surface area contributed by atoms with Crippen molar-refractivity contribution in [3.05, 3.63) is 10.6 Å². The summed E-state index contributed by atoms with van der Waals surface area (Å²) in [5.41, 5.74) is 0.489. The second kappa shape index (κ2) is 6.19. The first-order valence-corrected chi connectivity index (χ1v) is 6.07. The van der Waals surface area contributed by atoms with Gasteiger partial charge in [-0.05, 0) is 13.8 Å². The van der Waals surface area contributed by atoms with Crippen molar-refractivity contribution in [1.82, 2.24) is 10.3 Å². The Kier molecular flexibility index (Phi) is 4.89. The van der Waals surface area contributed by atoms with Gasteiger partial charge in [-0.2, -0.15) is 0 Å². The Morgan fingerprint density at radius 2 is 2.18 bits per heavy atom. The van der Waals surface area contributed by atoms with E-state index in [1.54, 1.807) is 6.92 Å². The number of aromatic nitrogens is 1. The normalized spacial score (nSPS) is 10.0. The van der Waals surface area contributed by atoms with Gasteiger partial charge in [-0.15, -0.1) is 0 Å². The number of anilines is 1. The van der Waals surface area contributed by atoms with Gasteiger partial charge in [0, 0.05) is 19.5 Å². The van der Waals surface area contributed by atoms with Gasteiger partial charge < -0.3 is 15.7 Å². The van der Waals surface area contributed by atoms with Gasteiger partial charge in [0.15, 0.2) is 5.13 Å². The van der Waals surface area contributed by atoms with Gasteiger partial charge in [0.2, 0.25) is 5.91 Å². The highest BCUT2D eigenvalue weighted by Gasteiger charge is 2.13. The summed E-state index contributed by atoms with van der Waals surface area (Å²) >= 11 is 1.08. The van der Waals surface area contributed by atoms with Gasteiger partial charge in [0.05, 0.1) is 5.69 Å². The molecule has 0 aliphatic heterocycles. The van der Waals surface area contributed by atoms with Crippen LogP contribution in [0, 0.1) is 6.92 Å². The van der Waals surface area contributed by atoms with Crippen LogP contribution in [0.2, 0.25) is 0 Å². The number of thiazole rings is 1. The number of hydrogen-bond acceptors (Lipinski definition) is 5. The number of hydrogen-bond donors (Lipinski definition) is 3. The van der Waals surface area contributed by atoms with Crippen molar-refractivity contribution in [1.29, 1.82) is 0 Å². The zero-order valence-corrected chi connectivity index (χ0v) is 10.6. The molecule has 94 valence electrons. The van der Waals surface area contributed by atoms with Gasteiger partial charge in [-0.25, -0.2) is 9.78 Å². The number of nitrogens with zero attached hydrogens (tertiary/aromatic N) is 1. The third kappa shape index (κ3) is 4.03. The van der Waals surface area contributed by atoms with Crippen LogP contribution in [-0.4, -0.2) is 35.1 Å². The molecular formula is C10H15N3O3S. The van der Waals surface area contributed by atoms with E-state index in [9.17, 15) is 9.59 Å². The molecule has 1 rings (SSSR count). The lowest BCUT2D eigenvalue weighted by Gasteiger charge is -2.02. The second-order valence-corrected chi connectivity index (χ2v) is 4.37. The zero-order chi connectivity index (χ0) is 12.8. The lowest BCUT2D eigenvalue weighted by Crippen LogP contribution is -2.24. The first-order valence-electron chi connectivity index (χ1n) is 5.26. The summed E-state index contributed by atoms with van der Waals surface area (Å²) in [5, 5.41) is 15.0. The summed E-state index contributed by atoms with van der Waals surface area (Å²) in [7, 11) is 0. The van der Waals surface area contributed by atoms with E-state index >= 15 is 0 Å². The molecule has 3 N–H and O–H groups in total. The number of carboxylic acids is 1. The SMILES string of the molecule is CCNC(=O)CCNc1nc(C)c(C(=O)O)s1. The zero-order valence-electron chi connectivity index (χ0n) is 9.74. The number of nitrogens with one attached hydrogen (secondary N) is 2. The number of carboxylic acid groups (broad SMARTS) is 1. The van der Waals surface area contributed by atoms with E-state index in [0.29, 0.717) is 30.3 Å². The summed E-state index contributed by atoms with van der Waals surface area (Å²) in [6.07, 6.45) is 0.342. The van der Waals surface area contributed by atoms with Crippen LogP contribution in [0.4, 0.5) is 5.13 Å². The highest BCUT2D eigenvalue weighted by Crippen LogP contribution is 2.22. The number of aryl methyl sites for hydroxylation is 1. The Morgan fingerprint density at radius 1 is 1.47 bits per heavy atom. The maximum atomic E-state index is 11.2. The fourth-order valence-electron chi connectivity index (χ4n) is 1.24. The lowest BCUT2D eigenvalue weighted by atomic mass is 10.4. The minimum absolute atomic E-state index is 0.0354. The molecule has 0 unspecified atom stereocenters. The maximum absolute atomic E-state index is 11.2. The van der Waals surface area contributed by atoms with Crippen LogP contribution in [0.1, 0.15) is 28.7 Å². The van der Waals surface area contributed by atoms with Crippen LogP contribution in [0.25, 0.3) is 0 Å². The minimum atomic E-state index is -0.975. The molecule has 0 aliphatic carbocycles. The van der Waals surface area contributed by atoms with Crippen molar-refractivity contribution < 1.29 is 14.7 Å². The summed E-state index contributed by atoms with van der Waals surface area (Å²) in [5.74, 6) is -1.01. The molecular weight excluding hydrogens is 242 g/mol. The molecule has 0 saturated carbocycles. The Morgan fingerprint density at radius 3 is 2.71 bits per heavy atom. The van der Waals surface area contributed by atoms with Crippen molar-refractivity contribution in [2.75, 3.05) is 18.4 Å². The van der Waals surface area contributed by atoms with E-state index in [2.05, 4.69) is 15.6 Å². The summed E-state index contributed by atoms with van der Waals surface area (Å²) in [6.45, 7) is 4.56. The number of amides is 1. The van der Waals surface area contributed by atoms with Crippen LogP contribution in [-0.2, 0) is 4.79 Å². The van der Waals surface area contributed by atoms with E-state index in [0.717, 1.165) is 11.3 Å². The van der Waals surface area contributed by atoms with Crippen LogP contribution in [0.5, 0.6) is 0 Å². The lowest BCUT2D eigenvalue weighted by molar-refractivity contribution is -0.120. The second-order valence-electron chi connectivity index (χ2n) is 3.37. The molecule has 0 radical (unpaired) electrons. The standard InChI is InChI=1S/C10H15N3O3S/c1-3-11-7(14)4-5-12-10-13-6(2)8(17-10)9(15)16/h3-5H2,1-2H3,(H,11,14)(H,12,13)(H,15,16). The molecule has 0 saturated heterocycles. The van der Waals surface area contributed by atoms with E-state index < -0.39 is 5.97 Å². The Hall–Kier alpha value is -1.63. The monoisotopic (exact) mass is 257 g/mol. The average molecular weight is 257 g/mol. The average Bonchev–Trinajstić information content (AvgIpc) is 2.60. The molecule has 1 aromatic rings. The van der Waals surface area contributed by atoms with Gasteiger partial charge in [0.1, 0.15) is 4.88 Å². The molecule has 0 bridgehead atoms. The first kappa shape index (κ1) is 13.4. The molecule has 1 amide bonds. The largest absolute Gasteiger partial charge is 0.477 e. The van der Waals surface area contributed by atoms with Gasteiger partial charge in [0.25, 0.3) is 0 Å². The number of carbonyl (C=O) groups excluding carboxylic acids is 1. The van der Waals surface area contributed by atoms with Crippen LogP contribution in [0.3, 0.4) is 0 Å². The van der Waals surface area contributed by atoms with Crippen molar-refractivity contribution in [3.63, 3.8) is 0 Å². The van der Waals surface area contributed by atoms with E-state index in [1.165, 1.54) is 0 Å². The molecule has 0 atom stereocenters. The highest BCUT2D eigenvalue weighted by atomic mass is 32.1. The molecule has 17 heavy (non-hydrogen) atoms. The van der Waals surface area contributed by atoms with Gasteiger partial charge >= 0.3 is 5.97 Å². The van der Waals surface area contributed by atoms with E-state index in [4.69, 9.17) is 5.11 Å². The third-order valence-electron chi connectivity index (χ3n) is 1.99. The van der Waals surface area contributed by atoms with Crippen molar-refractivity contribution in [2.24, 2.45) is 0 Å². The predicted molar refractivity (Wildman–Crippen MR) is 65.6 cm³/mol. The quantitative estimate of drug-likeness (QED) is 0.709. The fourth-order valence-corrected chi connectivity index (χ4v) is 2.07. The summed E-state index contributed by atoms with van der Waals surface area (Å²) < 4.78 is 0. The Bertz CT molecular complexity index is 417. The van der Waals surface area contributed by atoms with Crippen molar-refractivity contribution >= 4 is 28.3 Å². The Labute approximate surface area is 103 Å². The summed E-state index contributed by atoms with van der Waals surface area (Å²) in [4.78, 5) is 26.2. The first-order chi connectivity index (χ1) is 8.04. The fraction of sp³-hybridized carbons (Fsp3) is 0.500. The van der Waals surface area contributed by atoms with Crippen LogP contribution >= 0.6 is 11.3 Å². The Balaban J connectivity index is 2.45. The molecule has 1 heterocycles. The number of aromatic carboxylic acids is 1. The molecule has 6 nitrogen and oxygen atoms in total. The minimum Gasteiger partial charge on any atom is -0.477 e. The van der Waals surface area contributed by atoms with Gasteiger partial charge in [-0.3, -0.25) is 4.79 Å². The van der Waals surface area contributed by atoms with Crippen LogP contribution in [0.15, 0.2) is 0 Å². The van der Waals surface area contributed by atoms with Crippen molar-refractivity contribution in [3.8, 4) is 0 Å². The maximum Gasteiger partial charge on any atom is 0.347 e. The topological polar surface area (TPSA) is 91.3 Å². The number of carbonyl (C=O) groups is 2. The molecule has 0 aromatic carbocycles. The molecule has 0 fully saturated rings. The van der Waals surface area contributed by atoms with E-state index in [-0.39, 0.29) is 10.8 Å². The summed E-state index contributed by atoms with van der Waals surface area (Å²) in [6, 6.07) is 0. The molecule has 7 heteroatoms. The highest BCUT2D eigenvalue weighted by molar-refractivity contribution is 7.17. The van der Waals surface area contributed by atoms with Gasteiger partial charge in [-0.1, -0.05) is 11.3 Å². The molecule has 0 spiro atoms. The number of rotatable bonds is 6. The molecule has 0 aliphatic rings. The molecule has 1 aromatic heterocycles. The van der Waals surface area contributed by atoms with Crippen LogP contribution < -0.4 is 10.6 Å². The predicted octanol–water partition coefficient (Wildman–Crippen LogP) is 1.09. The third-order valence-corrected chi connectivity index (χ3v) is 3.10. The van der Waals surface area contributed by atoms with Crippen molar-refractivity contribution in [2.45, 2.75) is 20.3 Å². The smallest absolute Gasteiger partial charge is 0.347 e.